The molecule has 0 aliphatic heterocycles. The molecule has 0 fully saturated rings. The summed E-state index contributed by atoms with van der Waals surface area (Å²) in [5, 5.41) is 9.61. The Balaban J connectivity index is 2.47. The van der Waals surface area contributed by atoms with Crippen LogP contribution in [0.25, 0.3) is 0 Å². The van der Waals surface area contributed by atoms with E-state index in [0.29, 0.717) is 17.5 Å². The van der Waals surface area contributed by atoms with Crippen molar-refractivity contribution >= 4 is 15.9 Å². The predicted molar refractivity (Wildman–Crippen MR) is 54.1 cm³/mol. The predicted octanol–water partition coefficient (Wildman–Crippen LogP) is 2.88. The zero-order valence-corrected chi connectivity index (χ0v) is 8.97. The topological polar surface area (TPSA) is 33.4 Å². The van der Waals surface area contributed by atoms with Crippen molar-refractivity contribution in [2.45, 2.75) is 25.9 Å². The molecule has 1 N–H and O–H groups in total. The highest BCUT2D eigenvalue weighted by Crippen LogP contribution is 2.23. The molecule has 0 aromatic carbocycles. The Morgan fingerprint density at radius 2 is 2.46 bits per heavy atom. The Labute approximate surface area is 86.1 Å². The van der Waals surface area contributed by atoms with E-state index in [1.165, 1.54) is 0 Å². The van der Waals surface area contributed by atoms with E-state index in [4.69, 9.17) is 4.42 Å². The van der Waals surface area contributed by atoms with Gasteiger partial charge in [0.1, 0.15) is 0 Å². The van der Waals surface area contributed by atoms with E-state index in [1.807, 2.05) is 0 Å². The van der Waals surface area contributed by atoms with E-state index in [1.54, 1.807) is 19.3 Å². The first-order chi connectivity index (χ1) is 6.24. The van der Waals surface area contributed by atoms with Gasteiger partial charge in [-0.3, -0.25) is 0 Å². The molecule has 1 rings (SSSR count). The first-order valence-electron chi connectivity index (χ1n) is 4.05. The molecule has 3 heteroatoms. The van der Waals surface area contributed by atoms with E-state index >= 15 is 0 Å². The second kappa shape index (κ2) is 5.11. The third-order valence-corrected chi connectivity index (χ3v) is 2.11. The van der Waals surface area contributed by atoms with E-state index in [-0.39, 0.29) is 0 Å². The summed E-state index contributed by atoms with van der Waals surface area (Å²) in [6.07, 6.45) is 2.43. The molecular formula is C10H11BrO2. The molecule has 0 aliphatic carbocycles. The number of hydrogen-bond donors (Lipinski definition) is 1. The molecule has 0 radical (unpaired) electrons. The minimum atomic E-state index is -0.476. The third-order valence-electron chi connectivity index (χ3n) is 1.69. The van der Waals surface area contributed by atoms with Crippen LogP contribution in [-0.2, 0) is 0 Å². The molecule has 70 valence electrons. The Kier molecular flexibility index (Phi) is 4.07. The maximum Gasteiger partial charge on any atom is 0.169 e. The van der Waals surface area contributed by atoms with Crippen molar-refractivity contribution in [3.05, 3.63) is 22.6 Å². The maximum absolute atomic E-state index is 9.61. The van der Waals surface area contributed by atoms with Crippen LogP contribution >= 0.6 is 15.9 Å². The van der Waals surface area contributed by atoms with Gasteiger partial charge in [0.15, 0.2) is 4.67 Å². The molecule has 0 bridgehead atoms. The van der Waals surface area contributed by atoms with Crippen LogP contribution in [0.4, 0.5) is 0 Å². The van der Waals surface area contributed by atoms with Gasteiger partial charge in [-0.25, -0.2) is 0 Å². The highest BCUT2D eigenvalue weighted by molar-refractivity contribution is 9.10. The minimum Gasteiger partial charge on any atom is -0.457 e. The van der Waals surface area contributed by atoms with E-state index in [9.17, 15) is 5.11 Å². The molecule has 1 aromatic rings. The number of hydrogen-bond acceptors (Lipinski definition) is 2. The molecule has 1 unspecified atom stereocenters. The van der Waals surface area contributed by atoms with Crippen molar-refractivity contribution in [3.63, 3.8) is 0 Å². The lowest BCUT2D eigenvalue weighted by molar-refractivity contribution is 0.168. The van der Waals surface area contributed by atoms with Gasteiger partial charge in [-0.05, 0) is 35.3 Å². The summed E-state index contributed by atoms with van der Waals surface area (Å²) in [5.74, 6) is 5.69. The van der Waals surface area contributed by atoms with Crippen LogP contribution < -0.4 is 0 Å². The number of aliphatic hydroxyl groups is 1. The standard InChI is InChI=1S/C10H11BrO2/c1-2-3-4-5-9(12)8-6-10(11)13-7-8/h6-7,9,12H,4-5H2,1H3. The lowest BCUT2D eigenvalue weighted by atomic mass is 10.1. The van der Waals surface area contributed by atoms with Crippen molar-refractivity contribution in [1.29, 1.82) is 0 Å². The molecule has 2 nitrogen and oxygen atoms in total. The fraction of sp³-hybridized carbons (Fsp3) is 0.400. The quantitative estimate of drug-likeness (QED) is 0.828. The van der Waals surface area contributed by atoms with E-state index < -0.39 is 6.10 Å². The number of aliphatic hydroxyl groups excluding tert-OH is 1. The summed E-state index contributed by atoms with van der Waals surface area (Å²) in [6.45, 7) is 1.79. The summed E-state index contributed by atoms with van der Waals surface area (Å²) in [4.78, 5) is 0. The van der Waals surface area contributed by atoms with Crippen molar-refractivity contribution in [3.8, 4) is 11.8 Å². The fourth-order valence-electron chi connectivity index (χ4n) is 0.999. The van der Waals surface area contributed by atoms with Crippen LogP contribution in [0.15, 0.2) is 21.4 Å². The highest BCUT2D eigenvalue weighted by atomic mass is 79.9. The number of furan rings is 1. The Bertz CT molecular complexity index is 319. The average molecular weight is 243 g/mol. The van der Waals surface area contributed by atoms with E-state index in [2.05, 4.69) is 27.8 Å². The Morgan fingerprint density at radius 1 is 1.69 bits per heavy atom. The lowest BCUT2D eigenvalue weighted by Crippen LogP contribution is -1.94. The summed E-state index contributed by atoms with van der Waals surface area (Å²) >= 11 is 3.18. The second-order valence-corrected chi connectivity index (χ2v) is 3.45. The van der Waals surface area contributed by atoms with Gasteiger partial charge < -0.3 is 9.52 Å². The molecule has 13 heavy (non-hydrogen) atoms. The van der Waals surface area contributed by atoms with E-state index in [0.717, 1.165) is 5.56 Å². The lowest BCUT2D eigenvalue weighted by Gasteiger charge is -2.03. The van der Waals surface area contributed by atoms with Gasteiger partial charge in [0.05, 0.1) is 12.4 Å². The first kappa shape index (κ1) is 10.4. The number of rotatable bonds is 3. The van der Waals surface area contributed by atoms with Crippen LogP contribution in [-0.4, -0.2) is 5.11 Å². The van der Waals surface area contributed by atoms with Crippen LogP contribution in [0.5, 0.6) is 0 Å². The van der Waals surface area contributed by atoms with Gasteiger partial charge in [-0.1, -0.05) is 0 Å². The molecular weight excluding hydrogens is 232 g/mol. The Hall–Kier alpha value is -0.720. The SMILES string of the molecule is CC#CCCC(O)c1coc(Br)c1. The first-order valence-corrected chi connectivity index (χ1v) is 4.85. The maximum atomic E-state index is 9.61. The summed E-state index contributed by atoms with van der Waals surface area (Å²) in [5.41, 5.74) is 0.796. The average Bonchev–Trinajstić information content (AvgIpc) is 2.52. The van der Waals surface area contributed by atoms with Gasteiger partial charge in [-0.2, -0.15) is 0 Å². The summed E-state index contributed by atoms with van der Waals surface area (Å²) in [6, 6.07) is 1.77. The van der Waals surface area contributed by atoms with Crippen molar-refractivity contribution in [2.24, 2.45) is 0 Å². The molecule has 0 amide bonds. The molecule has 1 heterocycles. The smallest absolute Gasteiger partial charge is 0.169 e. The van der Waals surface area contributed by atoms with Crippen molar-refractivity contribution < 1.29 is 9.52 Å². The molecule has 0 spiro atoms. The van der Waals surface area contributed by atoms with Crippen molar-refractivity contribution in [2.75, 3.05) is 0 Å². The molecule has 0 saturated heterocycles. The van der Waals surface area contributed by atoms with Crippen molar-refractivity contribution in [1.82, 2.24) is 0 Å². The zero-order valence-electron chi connectivity index (χ0n) is 7.38. The summed E-state index contributed by atoms with van der Waals surface area (Å²) < 4.78 is 5.65. The largest absolute Gasteiger partial charge is 0.457 e. The number of halogens is 1. The molecule has 1 atom stereocenters. The monoisotopic (exact) mass is 242 g/mol. The molecule has 0 aliphatic rings. The fourth-order valence-corrected chi connectivity index (χ4v) is 1.36. The second-order valence-electron chi connectivity index (χ2n) is 2.67. The van der Waals surface area contributed by atoms with Gasteiger partial charge in [0.2, 0.25) is 0 Å². The molecule has 0 saturated carbocycles. The van der Waals surface area contributed by atoms with Crippen LogP contribution in [0.2, 0.25) is 0 Å². The van der Waals surface area contributed by atoms with Gasteiger partial charge >= 0.3 is 0 Å². The highest BCUT2D eigenvalue weighted by Gasteiger charge is 2.09. The van der Waals surface area contributed by atoms with Crippen LogP contribution in [0.1, 0.15) is 31.4 Å². The van der Waals surface area contributed by atoms with Gasteiger partial charge in [-0.15, -0.1) is 11.8 Å². The molecule has 1 aromatic heterocycles. The zero-order chi connectivity index (χ0) is 9.68. The summed E-state index contributed by atoms with van der Waals surface area (Å²) in [7, 11) is 0. The third kappa shape index (κ3) is 3.25. The van der Waals surface area contributed by atoms with Crippen LogP contribution in [0.3, 0.4) is 0 Å². The Morgan fingerprint density at radius 3 is 3.00 bits per heavy atom. The van der Waals surface area contributed by atoms with Gasteiger partial charge in [0.25, 0.3) is 0 Å². The van der Waals surface area contributed by atoms with Gasteiger partial charge in [0, 0.05) is 12.0 Å². The van der Waals surface area contributed by atoms with Crippen LogP contribution in [0, 0.1) is 11.8 Å². The normalized spacial score (nSPS) is 11.9. The minimum absolute atomic E-state index is 0.476.